The monoisotopic (exact) mass is 683 g/mol. The van der Waals surface area contributed by atoms with Crippen molar-refractivity contribution in [3.63, 3.8) is 0 Å². The molecule has 13 nitrogen and oxygen atoms in total. The molecule has 2 heterocycles. The average molecular weight is 684 g/mol. The van der Waals surface area contributed by atoms with Gasteiger partial charge in [0.05, 0.1) is 12.7 Å². The van der Waals surface area contributed by atoms with Crippen LogP contribution in [0.5, 0.6) is 0 Å². The van der Waals surface area contributed by atoms with Gasteiger partial charge in [-0.05, 0) is 66.3 Å². The fourth-order valence-corrected chi connectivity index (χ4v) is 5.61. The zero-order valence-electron chi connectivity index (χ0n) is 30.7. The summed E-state index contributed by atoms with van der Waals surface area (Å²) in [4.78, 5) is 61.2. The van der Waals surface area contributed by atoms with Crippen molar-refractivity contribution in [3.05, 3.63) is 24.5 Å². The Bertz CT molecular complexity index is 1090. The van der Waals surface area contributed by atoms with Gasteiger partial charge >= 0.3 is 12.1 Å². The summed E-state index contributed by atoms with van der Waals surface area (Å²) in [5.74, 6) is -2.91. The molecule has 48 heavy (non-hydrogen) atoms. The van der Waals surface area contributed by atoms with Gasteiger partial charge in [0.2, 0.25) is 0 Å². The van der Waals surface area contributed by atoms with Crippen LogP contribution in [0.4, 0.5) is 4.79 Å². The lowest BCUT2D eigenvalue weighted by molar-refractivity contribution is -0.172. The first-order valence-electron chi connectivity index (χ1n) is 16.8. The van der Waals surface area contributed by atoms with Gasteiger partial charge in [-0.1, -0.05) is 34.1 Å². The van der Waals surface area contributed by atoms with E-state index in [9.17, 15) is 29.1 Å². The van der Waals surface area contributed by atoms with Crippen molar-refractivity contribution in [1.29, 1.82) is 0 Å². The van der Waals surface area contributed by atoms with Crippen LogP contribution in [0.15, 0.2) is 24.5 Å². The minimum atomic E-state index is -1.35. The highest BCUT2D eigenvalue weighted by Crippen LogP contribution is 2.32. The van der Waals surface area contributed by atoms with E-state index in [1.54, 1.807) is 20.8 Å². The van der Waals surface area contributed by atoms with E-state index in [0.717, 1.165) is 25.7 Å². The first-order chi connectivity index (χ1) is 22.4. The highest BCUT2D eigenvalue weighted by atomic mass is 16.6. The number of ether oxygens (including phenoxy) is 4. The molecule has 1 fully saturated rings. The zero-order chi connectivity index (χ0) is 37.0. The van der Waals surface area contributed by atoms with E-state index in [0.29, 0.717) is 6.04 Å². The van der Waals surface area contributed by atoms with Gasteiger partial charge in [0.25, 0.3) is 6.47 Å². The van der Waals surface area contributed by atoms with E-state index in [1.165, 1.54) is 6.92 Å². The number of primary amides is 1. The topological polar surface area (TPSA) is 177 Å². The molecule has 5 unspecified atom stereocenters. The van der Waals surface area contributed by atoms with Gasteiger partial charge in [-0.25, -0.2) is 4.79 Å². The van der Waals surface area contributed by atoms with Crippen LogP contribution >= 0.6 is 0 Å². The number of Topliss-reactive ketones (excluding diaryl/α,β-unsaturated/α-hetero) is 2. The van der Waals surface area contributed by atoms with Crippen molar-refractivity contribution in [2.45, 2.75) is 124 Å². The number of carbonyl (C=O) groups is 5. The molecule has 0 bridgehead atoms. The molecule has 0 aliphatic carbocycles. The van der Waals surface area contributed by atoms with Crippen LogP contribution in [0.2, 0.25) is 0 Å². The van der Waals surface area contributed by atoms with Crippen molar-refractivity contribution in [3.8, 4) is 0 Å². The van der Waals surface area contributed by atoms with E-state index in [4.69, 9.17) is 19.9 Å². The number of rotatable bonds is 17. The number of nitrogens with two attached hydrogens (primary N) is 1. The van der Waals surface area contributed by atoms with Crippen molar-refractivity contribution < 1.29 is 48.0 Å². The predicted molar refractivity (Wildman–Crippen MR) is 182 cm³/mol. The number of aryl methyl sites for hydroxylation is 1. The van der Waals surface area contributed by atoms with Crippen LogP contribution in [0.1, 0.15) is 93.4 Å². The molecule has 1 aliphatic heterocycles. The molecule has 13 heteroatoms. The second-order valence-electron chi connectivity index (χ2n) is 13.0. The molecule has 0 radical (unpaired) electrons. The quantitative estimate of drug-likeness (QED) is 0.0781. The number of amides is 1. The van der Waals surface area contributed by atoms with Crippen LogP contribution in [0.3, 0.4) is 0 Å². The zero-order valence-corrected chi connectivity index (χ0v) is 30.7. The lowest BCUT2D eigenvalue weighted by Crippen LogP contribution is -2.49. The molecule has 8 atom stereocenters. The van der Waals surface area contributed by atoms with Crippen molar-refractivity contribution in [2.24, 2.45) is 30.5 Å². The molecule has 0 spiro atoms. The summed E-state index contributed by atoms with van der Waals surface area (Å²) in [7, 11) is 6.07. The summed E-state index contributed by atoms with van der Waals surface area (Å²) in [6.07, 6.45) is 5.30. The first-order valence-corrected chi connectivity index (χ1v) is 16.8. The molecule has 1 aromatic heterocycles. The summed E-state index contributed by atoms with van der Waals surface area (Å²) in [5.41, 5.74) is 3.91. The predicted octanol–water partition coefficient (Wildman–Crippen LogP) is 4.42. The number of ketones is 2. The Labute approximate surface area is 286 Å². The van der Waals surface area contributed by atoms with Crippen LogP contribution in [-0.2, 0) is 45.2 Å². The number of aliphatic hydroxyl groups is 1. The molecule has 1 aliphatic rings. The maximum atomic E-state index is 12.7. The largest absolute Gasteiger partial charge is 0.467 e. The van der Waals surface area contributed by atoms with Crippen molar-refractivity contribution in [1.82, 2.24) is 9.47 Å². The lowest BCUT2D eigenvalue weighted by Gasteiger charge is -2.37. The van der Waals surface area contributed by atoms with Crippen LogP contribution in [-0.4, -0.2) is 95.5 Å². The summed E-state index contributed by atoms with van der Waals surface area (Å²) in [6.45, 7) is 12.4. The molecule has 276 valence electrons. The number of carbonyl (C=O) groups excluding carboxylic acids is 5. The van der Waals surface area contributed by atoms with Gasteiger partial charge in [-0.3, -0.25) is 19.2 Å². The second-order valence-corrected chi connectivity index (χ2v) is 13.0. The Morgan fingerprint density at radius 3 is 2.15 bits per heavy atom. The van der Waals surface area contributed by atoms with E-state index < -0.39 is 47.7 Å². The lowest BCUT2D eigenvalue weighted by atomic mass is 9.81. The molecular weight excluding hydrogens is 622 g/mol. The highest BCUT2D eigenvalue weighted by Gasteiger charge is 2.43. The first kappa shape index (κ1) is 44.7. The number of aromatic nitrogens is 1. The molecule has 3 N–H and O–H groups in total. The average Bonchev–Trinajstić information content (AvgIpc) is 3.49. The fraction of sp³-hybridized carbons (Fsp3) is 0.743. The molecule has 0 aromatic carbocycles. The Hall–Kier alpha value is -3.29. The van der Waals surface area contributed by atoms with E-state index in [-0.39, 0.29) is 50.1 Å². The van der Waals surface area contributed by atoms with Crippen molar-refractivity contribution in [2.75, 3.05) is 20.7 Å². The van der Waals surface area contributed by atoms with Crippen LogP contribution in [0, 0.1) is 17.8 Å². The van der Waals surface area contributed by atoms with E-state index in [2.05, 4.69) is 9.64 Å². The fourth-order valence-electron chi connectivity index (χ4n) is 5.61. The molecule has 2 rings (SSSR count). The maximum Gasteiger partial charge on any atom is 0.405 e. The smallest absolute Gasteiger partial charge is 0.405 e. The number of hydrogen-bond donors (Lipinski definition) is 2. The number of esters is 1. The third-order valence-electron chi connectivity index (χ3n) is 8.37. The summed E-state index contributed by atoms with van der Waals surface area (Å²) in [6, 6.07) is 4.47. The van der Waals surface area contributed by atoms with Gasteiger partial charge < -0.3 is 39.3 Å². The van der Waals surface area contributed by atoms with Gasteiger partial charge in [-0.2, -0.15) is 0 Å². The van der Waals surface area contributed by atoms with Gasteiger partial charge in [0.15, 0.2) is 6.29 Å². The summed E-state index contributed by atoms with van der Waals surface area (Å²) >= 11 is 0. The highest BCUT2D eigenvalue weighted by molar-refractivity contribution is 5.98. The Kier molecular flexibility index (Phi) is 21.5. The summed E-state index contributed by atoms with van der Waals surface area (Å²) in [5, 5.41) is 9.25. The van der Waals surface area contributed by atoms with Crippen LogP contribution < -0.4 is 5.73 Å². The Balaban J connectivity index is 0.00000104. The third kappa shape index (κ3) is 17.2. The third-order valence-corrected chi connectivity index (χ3v) is 8.37. The number of hydrogen-bond acceptors (Lipinski definition) is 11. The molecule has 0 saturated carbocycles. The Morgan fingerprint density at radius 2 is 1.71 bits per heavy atom. The standard InChI is InChI=1S/C22H37NO8.C8H17NO2.C5H7N/c1-7-9-14(3)19(26)15(4)12-22(6,31-21(23)28)18(8-2)30-20(27)16(5)17(25)10-11-29-13-24;1-6-4-7(9(2)3)5-8(10)11-6;1-6-4-2-3-5-6/h13-16,18H,7-12H2,1-6H3,(H2,23,28);6-8,10H,4-5H2,1-3H3;2-5H,1H3/t14-,15?,16?,18-,22+;;/m1../s1. The summed E-state index contributed by atoms with van der Waals surface area (Å²) < 4.78 is 22.5. The van der Waals surface area contributed by atoms with E-state index in [1.807, 2.05) is 71.0 Å². The van der Waals surface area contributed by atoms with E-state index >= 15 is 0 Å². The van der Waals surface area contributed by atoms with Gasteiger partial charge in [0, 0.05) is 56.6 Å². The van der Waals surface area contributed by atoms with Gasteiger partial charge in [-0.15, -0.1) is 0 Å². The minimum Gasteiger partial charge on any atom is -0.467 e. The van der Waals surface area contributed by atoms with Crippen molar-refractivity contribution >= 4 is 30.1 Å². The molecule has 1 amide bonds. The second kappa shape index (κ2) is 23.1. The number of nitrogens with zero attached hydrogens (tertiary/aromatic N) is 2. The minimum absolute atomic E-state index is 0.0287. The molecular formula is C35H61N3O10. The Morgan fingerprint density at radius 1 is 1.10 bits per heavy atom. The van der Waals surface area contributed by atoms with Crippen LogP contribution in [0.25, 0.3) is 0 Å². The molecule has 1 aromatic rings. The SMILES string of the molecule is CC1CC(N(C)C)CC(O)O1.CCC[C@@H](C)C(=O)C(C)C[C@](C)(OC(N)=O)[C@@H](CC)OC(=O)C(C)C(=O)CCOC=O.Cn1cccc1. The normalized spacial score (nSPS) is 21.0. The molecule has 1 saturated heterocycles. The van der Waals surface area contributed by atoms with Gasteiger partial charge in [0.1, 0.15) is 29.2 Å². The maximum absolute atomic E-state index is 12.7. The number of aliphatic hydroxyl groups excluding tert-OH is 1.